The summed E-state index contributed by atoms with van der Waals surface area (Å²) in [6.45, 7) is 2.93. The number of rotatable bonds is 3. The van der Waals surface area contributed by atoms with Gasteiger partial charge < -0.3 is 14.3 Å². The number of ketones is 1. The molecule has 0 saturated heterocycles. The topological polar surface area (TPSA) is 90.0 Å². The van der Waals surface area contributed by atoms with Gasteiger partial charge in [-0.15, -0.1) is 10.2 Å². The van der Waals surface area contributed by atoms with Gasteiger partial charge in [-0.3, -0.25) is 9.59 Å². The Labute approximate surface area is 133 Å². The zero-order valence-corrected chi connectivity index (χ0v) is 13.0. The molecule has 0 radical (unpaired) electrons. The Morgan fingerprint density at radius 1 is 1.26 bits per heavy atom. The van der Waals surface area contributed by atoms with E-state index in [2.05, 4.69) is 15.5 Å². The van der Waals surface area contributed by atoms with Crippen LogP contribution in [0.15, 0.2) is 4.42 Å². The Morgan fingerprint density at radius 2 is 2.13 bits per heavy atom. The minimum atomic E-state index is -0.280. The van der Waals surface area contributed by atoms with Gasteiger partial charge in [-0.05, 0) is 19.8 Å². The summed E-state index contributed by atoms with van der Waals surface area (Å²) in [5, 5.41) is 11.1. The fraction of sp³-hybridized carbons (Fsp3) is 0.500. The van der Waals surface area contributed by atoms with Crippen molar-refractivity contribution in [3.63, 3.8) is 0 Å². The molecule has 2 aromatic heterocycles. The van der Waals surface area contributed by atoms with Crippen LogP contribution in [0, 0.1) is 6.92 Å². The second-order valence-electron chi connectivity index (χ2n) is 6.08. The minimum Gasteiger partial charge on any atom is -0.465 e. The monoisotopic (exact) mass is 314 g/mol. The van der Waals surface area contributed by atoms with E-state index >= 15 is 0 Å². The summed E-state index contributed by atoms with van der Waals surface area (Å²) < 4.78 is 7.67. The molecule has 2 aromatic rings. The standard InChI is InChI=1S/C16H18N4O3/c1-9-14(15-10(21)4-2-5-11(15)23-9)16(22)17-8-13-19-18-12-6-3-7-20(12)13/h2-8H2,1H3,(H,17,22). The van der Waals surface area contributed by atoms with Gasteiger partial charge in [0.25, 0.3) is 5.91 Å². The molecule has 4 rings (SSSR count). The van der Waals surface area contributed by atoms with Crippen LogP contribution >= 0.6 is 0 Å². The number of aryl methyl sites for hydroxylation is 3. The number of carbonyl (C=O) groups excluding carboxylic acids is 2. The van der Waals surface area contributed by atoms with Crippen molar-refractivity contribution in [3.8, 4) is 0 Å². The number of nitrogens with zero attached hydrogens (tertiary/aromatic N) is 3. The number of carbonyl (C=O) groups is 2. The van der Waals surface area contributed by atoms with Crippen LogP contribution in [0.1, 0.15) is 63.1 Å². The lowest BCUT2D eigenvalue weighted by Gasteiger charge is -2.10. The Morgan fingerprint density at radius 3 is 3.00 bits per heavy atom. The Hall–Kier alpha value is -2.44. The molecule has 0 aromatic carbocycles. The summed E-state index contributed by atoms with van der Waals surface area (Å²) in [5.74, 6) is 2.60. The van der Waals surface area contributed by atoms with Crippen molar-refractivity contribution in [1.82, 2.24) is 20.1 Å². The zero-order chi connectivity index (χ0) is 16.0. The smallest absolute Gasteiger partial charge is 0.255 e. The van der Waals surface area contributed by atoms with Crippen molar-refractivity contribution in [3.05, 3.63) is 34.3 Å². The van der Waals surface area contributed by atoms with Gasteiger partial charge in [0.1, 0.15) is 17.3 Å². The van der Waals surface area contributed by atoms with Crippen LogP contribution in [0.4, 0.5) is 0 Å². The van der Waals surface area contributed by atoms with E-state index in [0.29, 0.717) is 42.0 Å². The first-order chi connectivity index (χ1) is 11.1. The van der Waals surface area contributed by atoms with Gasteiger partial charge in [-0.2, -0.15) is 0 Å². The second kappa shape index (κ2) is 5.33. The average Bonchev–Trinajstić information content (AvgIpc) is 3.19. The van der Waals surface area contributed by atoms with E-state index in [1.807, 2.05) is 4.57 Å². The molecule has 1 aliphatic carbocycles. The number of amides is 1. The number of aromatic nitrogens is 3. The minimum absolute atomic E-state index is 0.00313. The fourth-order valence-electron chi connectivity index (χ4n) is 3.47. The maximum atomic E-state index is 12.6. The van der Waals surface area contributed by atoms with E-state index in [-0.39, 0.29) is 11.7 Å². The van der Waals surface area contributed by atoms with Crippen LogP contribution in [0.2, 0.25) is 0 Å². The van der Waals surface area contributed by atoms with Crippen LogP contribution in [-0.2, 0) is 25.9 Å². The van der Waals surface area contributed by atoms with Crippen molar-refractivity contribution in [1.29, 1.82) is 0 Å². The lowest BCUT2D eigenvalue weighted by Crippen LogP contribution is -2.27. The SMILES string of the molecule is Cc1oc2c(c1C(=O)NCc1nnc3n1CCC3)C(=O)CCC2. The number of Topliss-reactive ketones (excluding diaryl/α,β-unsaturated/α-hetero) is 1. The zero-order valence-electron chi connectivity index (χ0n) is 13.0. The maximum Gasteiger partial charge on any atom is 0.255 e. The predicted molar refractivity (Wildman–Crippen MR) is 80.2 cm³/mol. The molecule has 1 amide bonds. The van der Waals surface area contributed by atoms with Gasteiger partial charge in [0.05, 0.1) is 17.7 Å². The van der Waals surface area contributed by atoms with E-state index < -0.39 is 0 Å². The van der Waals surface area contributed by atoms with Crippen LogP contribution in [0.5, 0.6) is 0 Å². The Bertz CT molecular complexity index is 803. The average molecular weight is 314 g/mol. The molecule has 7 heteroatoms. The molecule has 0 spiro atoms. The lowest BCUT2D eigenvalue weighted by molar-refractivity contribution is 0.0925. The summed E-state index contributed by atoms with van der Waals surface area (Å²) in [6.07, 6.45) is 3.97. The van der Waals surface area contributed by atoms with Crippen molar-refractivity contribution < 1.29 is 14.0 Å². The fourth-order valence-corrected chi connectivity index (χ4v) is 3.47. The normalized spacial score (nSPS) is 16.3. The molecule has 1 N–H and O–H groups in total. The van der Waals surface area contributed by atoms with Crippen LogP contribution < -0.4 is 5.32 Å². The van der Waals surface area contributed by atoms with Gasteiger partial charge in [-0.25, -0.2) is 0 Å². The van der Waals surface area contributed by atoms with E-state index in [1.54, 1.807) is 6.92 Å². The quantitative estimate of drug-likeness (QED) is 0.929. The van der Waals surface area contributed by atoms with Gasteiger partial charge in [-0.1, -0.05) is 0 Å². The maximum absolute atomic E-state index is 12.6. The third-order valence-electron chi connectivity index (χ3n) is 4.56. The second-order valence-corrected chi connectivity index (χ2v) is 6.08. The molecule has 120 valence electrons. The molecule has 23 heavy (non-hydrogen) atoms. The Kier molecular flexibility index (Phi) is 3.28. The van der Waals surface area contributed by atoms with Crippen LogP contribution in [0.25, 0.3) is 0 Å². The van der Waals surface area contributed by atoms with Crippen molar-refractivity contribution in [2.24, 2.45) is 0 Å². The van der Waals surface area contributed by atoms with Gasteiger partial charge >= 0.3 is 0 Å². The first-order valence-corrected chi connectivity index (χ1v) is 7.99. The summed E-state index contributed by atoms with van der Waals surface area (Å²) >= 11 is 0. The first-order valence-electron chi connectivity index (χ1n) is 7.99. The summed E-state index contributed by atoms with van der Waals surface area (Å²) in [7, 11) is 0. The van der Waals surface area contributed by atoms with E-state index in [9.17, 15) is 9.59 Å². The van der Waals surface area contributed by atoms with Gasteiger partial charge in [0.15, 0.2) is 11.6 Å². The van der Waals surface area contributed by atoms with Crippen molar-refractivity contribution in [2.45, 2.75) is 52.1 Å². The molecule has 0 unspecified atom stereocenters. The van der Waals surface area contributed by atoms with E-state index in [0.717, 1.165) is 37.5 Å². The number of fused-ring (bicyclic) bond motifs is 2. The molecular weight excluding hydrogens is 296 g/mol. The van der Waals surface area contributed by atoms with E-state index in [1.165, 1.54) is 0 Å². The molecule has 0 saturated carbocycles. The lowest BCUT2D eigenvalue weighted by atomic mass is 9.93. The molecular formula is C16H18N4O3. The summed E-state index contributed by atoms with van der Waals surface area (Å²) in [4.78, 5) is 24.7. The molecule has 0 atom stereocenters. The molecule has 7 nitrogen and oxygen atoms in total. The highest BCUT2D eigenvalue weighted by Crippen LogP contribution is 2.29. The molecule has 0 bridgehead atoms. The number of hydrogen-bond acceptors (Lipinski definition) is 5. The van der Waals surface area contributed by atoms with Gasteiger partial charge in [0, 0.05) is 25.8 Å². The number of nitrogens with one attached hydrogen (secondary N) is 1. The van der Waals surface area contributed by atoms with Crippen LogP contribution in [0.3, 0.4) is 0 Å². The third-order valence-corrected chi connectivity index (χ3v) is 4.56. The first kappa shape index (κ1) is 14.2. The van der Waals surface area contributed by atoms with E-state index in [4.69, 9.17) is 4.42 Å². The molecule has 0 fully saturated rings. The van der Waals surface area contributed by atoms with Crippen LogP contribution in [-0.4, -0.2) is 26.5 Å². The molecule has 2 aliphatic rings. The summed E-state index contributed by atoms with van der Waals surface area (Å²) in [6, 6.07) is 0. The van der Waals surface area contributed by atoms with Gasteiger partial charge in [0.2, 0.25) is 0 Å². The largest absolute Gasteiger partial charge is 0.465 e. The number of furan rings is 1. The van der Waals surface area contributed by atoms with Crippen molar-refractivity contribution >= 4 is 11.7 Å². The highest BCUT2D eigenvalue weighted by Gasteiger charge is 2.30. The number of hydrogen-bond donors (Lipinski definition) is 1. The summed E-state index contributed by atoms with van der Waals surface area (Å²) in [5.41, 5.74) is 0.851. The highest BCUT2D eigenvalue weighted by atomic mass is 16.3. The third kappa shape index (κ3) is 2.27. The highest BCUT2D eigenvalue weighted by molar-refractivity contribution is 6.09. The molecule has 3 heterocycles. The molecule has 1 aliphatic heterocycles. The van der Waals surface area contributed by atoms with Crippen molar-refractivity contribution in [2.75, 3.05) is 0 Å². The predicted octanol–water partition coefficient (Wildman–Crippen LogP) is 1.57. The Balaban J connectivity index is 1.56.